The van der Waals surface area contributed by atoms with Crippen molar-refractivity contribution in [2.75, 3.05) is 0 Å². The molecule has 8 aromatic carbocycles. The maximum absolute atomic E-state index is 5.08. The van der Waals surface area contributed by atoms with E-state index in [-0.39, 0.29) is 0 Å². The van der Waals surface area contributed by atoms with Gasteiger partial charge in [0.25, 0.3) is 0 Å². The summed E-state index contributed by atoms with van der Waals surface area (Å²) in [7, 11) is 0. The van der Waals surface area contributed by atoms with Crippen LogP contribution in [0.25, 0.3) is 84.8 Å². The summed E-state index contributed by atoms with van der Waals surface area (Å²) in [4.78, 5) is 10.2. The Morgan fingerprint density at radius 1 is 0.403 bits per heavy atom. The van der Waals surface area contributed by atoms with Gasteiger partial charge in [-0.15, -0.1) is 5.73 Å². The summed E-state index contributed by atoms with van der Waals surface area (Å²) in [6, 6.07) is 78.3. The number of fused-ring (bicyclic) bond motifs is 1. The predicted octanol–water partition coefficient (Wildman–Crippen LogP) is 14.6. The van der Waals surface area contributed by atoms with Crippen molar-refractivity contribution in [3.8, 4) is 56.2 Å². The summed E-state index contributed by atoms with van der Waals surface area (Å²) < 4.78 is 0. The van der Waals surface area contributed by atoms with Crippen molar-refractivity contribution in [1.29, 1.82) is 0 Å². The van der Waals surface area contributed by atoms with Crippen LogP contribution in [0, 0.1) is 0 Å². The van der Waals surface area contributed by atoms with E-state index in [4.69, 9.17) is 9.97 Å². The molecule has 2 heterocycles. The first-order valence-corrected chi connectivity index (χ1v) is 20.8. The summed E-state index contributed by atoms with van der Waals surface area (Å²) in [5.41, 5.74) is 22.2. The van der Waals surface area contributed by atoms with Gasteiger partial charge in [-0.1, -0.05) is 213 Å². The fraction of sp³-hybridized carbons (Fsp3) is 0. The third-order valence-electron chi connectivity index (χ3n) is 11.3. The summed E-state index contributed by atoms with van der Waals surface area (Å²) in [6.07, 6.45) is 2.26. The van der Waals surface area contributed by atoms with E-state index < -0.39 is 0 Å². The third kappa shape index (κ3) is 7.76. The smallest absolute Gasteiger partial charge is 0.160 e. The van der Waals surface area contributed by atoms with Crippen molar-refractivity contribution in [1.82, 2.24) is 15.3 Å². The molecule has 0 atom stereocenters. The number of hydrogen-bond acceptors (Lipinski definition) is 3. The molecule has 3 heteroatoms. The normalized spacial score (nSPS) is 12.6. The van der Waals surface area contributed by atoms with Gasteiger partial charge in [0.05, 0.1) is 17.1 Å². The second-order valence-corrected chi connectivity index (χ2v) is 15.2. The second kappa shape index (κ2) is 17.1. The van der Waals surface area contributed by atoms with Gasteiger partial charge in [0.15, 0.2) is 5.82 Å². The molecule has 1 aliphatic rings. The van der Waals surface area contributed by atoms with Gasteiger partial charge in [-0.05, 0) is 68.8 Å². The lowest BCUT2D eigenvalue weighted by atomic mass is 9.85. The van der Waals surface area contributed by atoms with Crippen LogP contribution in [0.15, 0.2) is 237 Å². The van der Waals surface area contributed by atoms with E-state index in [1.165, 1.54) is 0 Å². The van der Waals surface area contributed by atoms with Gasteiger partial charge in [0.2, 0.25) is 0 Å². The van der Waals surface area contributed by atoms with Crippen LogP contribution in [0.1, 0.15) is 27.8 Å². The average Bonchev–Trinajstić information content (AvgIpc) is 3.36. The van der Waals surface area contributed by atoms with E-state index in [9.17, 15) is 0 Å². The van der Waals surface area contributed by atoms with Crippen molar-refractivity contribution in [3.63, 3.8) is 0 Å². The van der Waals surface area contributed by atoms with E-state index in [0.29, 0.717) is 5.82 Å². The number of aromatic nitrogens is 2. The number of allylic oxidation sites excluding steroid dienone is 2. The SMILES string of the molecule is C=C=C(/C(=C1\NC(c2ccccc2)=Cc2cc(-c3ccc(-c4cccc(-c5nc(-c6ccccc6)cc(-c6ccccc6)n5)c4)cc3)ccc21)c1ccccc1)c1ccccc1. The molecule has 10 rings (SSSR count). The number of hydrogen-bond donors (Lipinski definition) is 1. The van der Waals surface area contributed by atoms with Crippen LogP contribution in [-0.2, 0) is 0 Å². The van der Waals surface area contributed by atoms with Gasteiger partial charge in [-0.2, -0.15) is 0 Å². The maximum atomic E-state index is 5.08. The summed E-state index contributed by atoms with van der Waals surface area (Å²) >= 11 is 0. The van der Waals surface area contributed by atoms with Gasteiger partial charge < -0.3 is 5.32 Å². The Morgan fingerprint density at radius 2 is 0.871 bits per heavy atom. The highest BCUT2D eigenvalue weighted by Gasteiger charge is 2.24. The van der Waals surface area contributed by atoms with Gasteiger partial charge in [-0.25, -0.2) is 9.97 Å². The van der Waals surface area contributed by atoms with Crippen molar-refractivity contribution in [2.24, 2.45) is 0 Å². The van der Waals surface area contributed by atoms with E-state index in [1.807, 2.05) is 42.5 Å². The molecular formula is C59H41N3. The molecule has 0 unspecified atom stereocenters. The fourth-order valence-corrected chi connectivity index (χ4v) is 8.19. The minimum absolute atomic E-state index is 0.693. The zero-order chi connectivity index (χ0) is 41.7. The zero-order valence-electron chi connectivity index (χ0n) is 34.0. The summed E-state index contributed by atoms with van der Waals surface area (Å²) in [6.45, 7) is 4.20. The van der Waals surface area contributed by atoms with Crippen LogP contribution in [-0.4, -0.2) is 9.97 Å². The highest BCUT2D eigenvalue weighted by Crippen LogP contribution is 2.42. The molecule has 1 aromatic heterocycles. The van der Waals surface area contributed by atoms with Crippen LogP contribution >= 0.6 is 0 Å². The minimum atomic E-state index is 0.693. The van der Waals surface area contributed by atoms with E-state index in [2.05, 4.69) is 206 Å². The monoisotopic (exact) mass is 791 g/mol. The molecule has 0 spiro atoms. The van der Waals surface area contributed by atoms with E-state index in [1.54, 1.807) is 0 Å². The molecular weight excluding hydrogens is 751 g/mol. The average molecular weight is 792 g/mol. The molecule has 9 aromatic rings. The molecule has 0 aliphatic carbocycles. The largest absolute Gasteiger partial charge is 0.354 e. The van der Waals surface area contributed by atoms with Crippen molar-refractivity contribution < 1.29 is 0 Å². The van der Waals surface area contributed by atoms with Gasteiger partial charge >= 0.3 is 0 Å². The molecule has 0 saturated heterocycles. The molecule has 1 aliphatic heterocycles. The highest BCUT2D eigenvalue weighted by molar-refractivity contribution is 6.17. The molecule has 3 nitrogen and oxygen atoms in total. The van der Waals surface area contributed by atoms with E-state index >= 15 is 0 Å². The number of rotatable bonds is 9. The van der Waals surface area contributed by atoms with Gasteiger partial charge in [0, 0.05) is 39.1 Å². The third-order valence-corrected chi connectivity index (χ3v) is 11.3. The van der Waals surface area contributed by atoms with E-state index in [0.717, 1.165) is 101 Å². The zero-order valence-corrected chi connectivity index (χ0v) is 34.0. The summed E-state index contributed by atoms with van der Waals surface area (Å²) in [5.74, 6) is 0.693. The lowest BCUT2D eigenvalue weighted by Crippen LogP contribution is -2.18. The molecule has 0 fully saturated rings. The Bertz CT molecular complexity index is 3090. The molecule has 62 heavy (non-hydrogen) atoms. The van der Waals surface area contributed by atoms with Crippen molar-refractivity contribution in [3.05, 3.63) is 265 Å². The summed E-state index contributed by atoms with van der Waals surface area (Å²) in [5, 5.41) is 3.88. The number of nitrogens with one attached hydrogen (secondary N) is 1. The Morgan fingerprint density at radius 3 is 1.44 bits per heavy atom. The first-order chi connectivity index (χ1) is 30.7. The molecule has 0 amide bonds. The molecule has 0 radical (unpaired) electrons. The molecule has 0 bridgehead atoms. The second-order valence-electron chi connectivity index (χ2n) is 15.2. The van der Waals surface area contributed by atoms with Crippen LogP contribution in [0.4, 0.5) is 0 Å². The fourth-order valence-electron chi connectivity index (χ4n) is 8.19. The standard InChI is InChI=1S/C59H41N3/c1-2-52(43-19-8-3-9-20-43)57(47-27-16-7-17-28-47)58-53-36-35-49(38-51(53)39-54(60-58)44-21-10-4-11-22-44)42-33-31-41(32-34-42)48-29-18-30-50(37-48)59-61-55(45-23-12-5-13-24-45)40-56(62-59)46-25-14-6-15-26-46/h3-40,60H,1H2/b58-57-. The van der Waals surface area contributed by atoms with Crippen LogP contribution in [0.3, 0.4) is 0 Å². The Labute approximate surface area is 363 Å². The van der Waals surface area contributed by atoms with Gasteiger partial charge in [0.1, 0.15) is 0 Å². The van der Waals surface area contributed by atoms with Crippen molar-refractivity contribution >= 4 is 28.6 Å². The Balaban J connectivity index is 1.03. The van der Waals surface area contributed by atoms with Crippen LogP contribution < -0.4 is 5.32 Å². The quantitative estimate of drug-likeness (QED) is 0.148. The Hall–Kier alpha value is -8.36. The topological polar surface area (TPSA) is 37.8 Å². The first-order valence-electron chi connectivity index (χ1n) is 20.8. The van der Waals surface area contributed by atoms with Crippen molar-refractivity contribution in [2.45, 2.75) is 0 Å². The highest BCUT2D eigenvalue weighted by atomic mass is 14.9. The molecule has 292 valence electrons. The molecule has 0 saturated carbocycles. The van der Waals surface area contributed by atoms with Crippen LogP contribution in [0.5, 0.6) is 0 Å². The predicted molar refractivity (Wildman–Crippen MR) is 259 cm³/mol. The number of benzene rings is 8. The minimum Gasteiger partial charge on any atom is -0.354 e. The Kier molecular flexibility index (Phi) is 10.4. The lowest BCUT2D eigenvalue weighted by Gasteiger charge is -2.27. The van der Waals surface area contributed by atoms with Crippen LogP contribution in [0.2, 0.25) is 0 Å². The number of nitrogens with zero attached hydrogens (tertiary/aromatic N) is 2. The maximum Gasteiger partial charge on any atom is 0.160 e. The lowest BCUT2D eigenvalue weighted by molar-refractivity contribution is 1.18. The first kappa shape index (κ1) is 37.9. The molecule has 1 N–H and O–H groups in total. The van der Waals surface area contributed by atoms with Gasteiger partial charge in [-0.3, -0.25) is 0 Å².